The number of carbonyl (C=O) groups is 1. The van der Waals surface area contributed by atoms with Crippen LogP contribution in [0.5, 0.6) is 5.88 Å². The van der Waals surface area contributed by atoms with Crippen LogP contribution in [-0.4, -0.2) is 11.0 Å². The van der Waals surface area contributed by atoms with Gasteiger partial charge in [-0.2, -0.15) is 4.98 Å². The molecule has 1 aromatic carbocycles. The predicted octanol–water partition coefficient (Wildman–Crippen LogP) is 2.39. The molecule has 0 radical (unpaired) electrons. The molecule has 0 unspecified atom stereocenters. The molecule has 2 aromatic rings. The van der Waals surface area contributed by atoms with Gasteiger partial charge in [0.25, 0.3) is 0 Å². The van der Waals surface area contributed by atoms with E-state index in [1.807, 2.05) is 6.07 Å². The lowest BCUT2D eigenvalue weighted by Crippen LogP contribution is -2.08. The number of rotatable bonds is 2. The largest absolute Gasteiger partial charge is 0.407 e. The second-order valence-corrected chi connectivity index (χ2v) is 4.34. The van der Waals surface area contributed by atoms with Crippen molar-refractivity contribution in [3.63, 3.8) is 0 Å². The van der Waals surface area contributed by atoms with Crippen LogP contribution in [0.1, 0.15) is 6.92 Å². The van der Waals surface area contributed by atoms with Gasteiger partial charge in [-0.15, -0.1) is 0 Å². The second-order valence-electron chi connectivity index (χ2n) is 3.42. The minimum absolute atomic E-state index is 0.0753. The van der Waals surface area contributed by atoms with Gasteiger partial charge in [0.2, 0.25) is 11.8 Å². The first-order chi connectivity index (χ1) is 8.54. The van der Waals surface area contributed by atoms with Gasteiger partial charge in [-0.1, -0.05) is 22.0 Å². The zero-order valence-electron chi connectivity index (χ0n) is 9.34. The summed E-state index contributed by atoms with van der Waals surface area (Å²) < 4.78 is 10.5. The summed E-state index contributed by atoms with van der Waals surface area (Å²) in [6, 6.07) is 8.09. The first-order valence-corrected chi connectivity index (χ1v) is 5.80. The van der Waals surface area contributed by atoms with Gasteiger partial charge in [0, 0.05) is 17.0 Å². The van der Waals surface area contributed by atoms with Gasteiger partial charge < -0.3 is 9.15 Å². The van der Waals surface area contributed by atoms with Crippen LogP contribution < -0.4 is 10.4 Å². The van der Waals surface area contributed by atoms with Crippen molar-refractivity contribution in [3.8, 4) is 17.3 Å². The van der Waals surface area contributed by atoms with Gasteiger partial charge in [0.05, 0.1) is 6.07 Å². The number of aromatic nitrogens is 1. The van der Waals surface area contributed by atoms with Gasteiger partial charge in [-0.05, 0) is 18.2 Å². The fourth-order valence-corrected chi connectivity index (χ4v) is 1.72. The minimum Gasteiger partial charge on any atom is -0.407 e. The molecule has 1 heterocycles. The third-order valence-electron chi connectivity index (χ3n) is 1.97. The minimum atomic E-state index is -0.628. The lowest BCUT2D eigenvalue weighted by Gasteiger charge is -2.02. The highest BCUT2D eigenvalue weighted by Crippen LogP contribution is 2.21. The molecule has 0 atom stereocenters. The zero-order valence-corrected chi connectivity index (χ0v) is 10.9. The lowest BCUT2D eigenvalue weighted by molar-refractivity contribution is -0.132. The zero-order chi connectivity index (χ0) is 13.1. The Hall–Kier alpha value is -1.95. The Morgan fingerprint density at radius 1 is 1.39 bits per heavy atom. The Morgan fingerprint density at radius 2 is 2.17 bits per heavy atom. The number of halogens is 1. The van der Waals surface area contributed by atoms with E-state index in [2.05, 4.69) is 20.9 Å². The summed E-state index contributed by atoms with van der Waals surface area (Å²) in [7, 11) is 0. The highest BCUT2D eigenvalue weighted by molar-refractivity contribution is 9.10. The van der Waals surface area contributed by atoms with E-state index in [0.29, 0.717) is 5.56 Å². The number of esters is 1. The summed E-state index contributed by atoms with van der Waals surface area (Å²) in [6.45, 7) is 1.23. The molecule has 0 aliphatic rings. The maximum absolute atomic E-state index is 11.3. The molecule has 2 rings (SSSR count). The molecule has 0 aliphatic heterocycles. The van der Waals surface area contributed by atoms with Crippen LogP contribution in [0.15, 0.2) is 44.0 Å². The molecule has 6 heteroatoms. The monoisotopic (exact) mass is 309 g/mol. The van der Waals surface area contributed by atoms with E-state index >= 15 is 0 Å². The van der Waals surface area contributed by atoms with Crippen LogP contribution in [0.4, 0.5) is 0 Å². The van der Waals surface area contributed by atoms with Crippen LogP contribution in [0.2, 0.25) is 0 Å². The predicted molar refractivity (Wildman–Crippen MR) is 67.2 cm³/mol. The van der Waals surface area contributed by atoms with Gasteiger partial charge >= 0.3 is 11.6 Å². The van der Waals surface area contributed by atoms with E-state index in [1.165, 1.54) is 6.92 Å². The summed E-state index contributed by atoms with van der Waals surface area (Å²) in [5, 5.41) is 0. The van der Waals surface area contributed by atoms with Crippen molar-refractivity contribution in [2.75, 3.05) is 0 Å². The lowest BCUT2D eigenvalue weighted by atomic mass is 10.2. The smallest absolute Gasteiger partial charge is 0.343 e. The standard InChI is InChI=1S/C12H8BrNO4/c1-7(15)17-10-6-11(16)18-12(14-10)8-3-2-4-9(13)5-8/h2-6H,1H3. The summed E-state index contributed by atoms with van der Waals surface area (Å²) in [4.78, 5) is 26.1. The molecule has 0 N–H and O–H groups in total. The summed E-state index contributed by atoms with van der Waals surface area (Å²) in [5.41, 5.74) is -0.0216. The van der Waals surface area contributed by atoms with Crippen molar-refractivity contribution < 1.29 is 13.9 Å². The van der Waals surface area contributed by atoms with E-state index in [4.69, 9.17) is 9.15 Å². The molecule has 18 heavy (non-hydrogen) atoms. The maximum atomic E-state index is 11.3. The molecule has 1 aromatic heterocycles. The van der Waals surface area contributed by atoms with E-state index in [1.54, 1.807) is 18.2 Å². The fourth-order valence-electron chi connectivity index (χ4n) is 1.33. The number of carbonyl (C=O) groups excluding carboxylic acids is 1. The van der Waals surface area contributed by atoms with Crippen LogP contribution in [-0.2, 0) is 4.79 Å². The van der Waals surface area contributed by atoms with Crippen LogP contribution in [0.25, 0.3) is 11.5 Å². The molecule has 0 aliphatic carbocycles. The van der Waals surface area contributed by atoms with Gasteiger partial charge in [-0.3, -0.25) is 4.79 Å². The number of hydrogen-bond donors (Lipinski definition) is 0. The van der Waals surface area contributed by atoms with E-state index in [9.17, 15) is 9.59 Å². The third kappa shape index (κ3) is 3.04. The van der Waals surface area contributed by atoms with Crippen molar-refractivity contribution in [2.45, 2.75) is 6.92 Å². The number of nitrogens with zero attached hydrogens (tertiary/aromatic N) is 1. The molecule has 0 saturated heterocycles. The maximum Gasteiger partial charge on any atom is 0.343 e. The number of hydrogen-bond acceptors (Lipinski definition) is 5. The van der Waals surface area contributed by atoms with Crippen LogP contribution in [0.3, 0.4) is 0 Å². The molecule has 0 bridgehead atoms. The molecule has 0 saturated carbocycles. The Kier molecular flexibility index (Phi) is 3.57. The first kappa shape index (κ1) is 12.5. The van der Waals surface area contributed by atoms with Crippen LogP contribution >= 0.6 is 15.9 Å². The Balaban J connectivity index is 2.48. The number of benzene rings is 1. The van der Waals surface area contributed by atoms with Crippen molar-refractivity contribution >= 4 is 21.9 Å². The molecule has 0 fully saturated rings. The van der Waals surface area contributed by atoms with E-state index in [0.717, 1.165) is 10.5 Å². The quantitative estimate of drug-likeness (QED) is 0.797. The highest BCUT2D eigenvalue weighted by atomic mass is 79.9. The van der Waals surface area contributed by atoms with Crippen molar-refractivity contribution in [2.24, 2.45) is 0 Å². The average molecular weight is 310 g/mol. The second kappa shape index (κ2) is 5.14. The van der Waals surface area contributed by atoms with E-state index < -0.39 is 11.6 Å². The topological polar surface area (TPSA) is 69.4 Å². The molecule has 0 spiro atoms. The van der Waals surface area contributed by atoms with Crippen LogP contribution in [0, 0.1) is 0 Å². The molecule has 92 valence electrons. The van der Waals surface area contributed by atoms with Crippen molar-refractivity contribution in [3.05, 3.63) is 45.2 Å². The normalized spacial score (nSPS) is 10.1. The number of ether oxygens (including phenoxy) is 1. The fraction of sp³-hybridized carbons (Fsp3) is 0.0833. The van der Waals surface area contributed by atoms with Crippen molar-refractivity contribution in [1.82, 2.24) is 4.98 Å². The Morgan fingerprint density at radius 3 is 2.83 bits per heavy atom. The summed E-state index contributed by atoms with van der Waals surface area (Å²) in [6.07, 6.45) is 0. The van der Waals surface area contributed by atoms with Crippen molar-refractivity contribution in [1.29, 1.82) is 0 Å². The van der Waals surface area contributed by atoms with Gasteiger partial charge in [0.15, 0.2) is 0 Å². The summed E-state index contributed by atoms with van der Waals surface area (Å²) >= 11 is 3.30. The van der Waals surface area contributed by atoms with Gasteiger partial charge in [-0.25, -0.2) is 4.79 Å². The third-order valence-corrected chi connectivity index (χ3v) is 2.46. The Bertz CT molecular complexity index is 651. The molecular formula is C12H8BrNO4. The Labute approximate surface area is 111 Å². The average Bonchev–Trinajstić information content (AvgIpc) is 2.27. The highest BCUT2D eigenvalue weighted by Gasteiger charge is 2.09. The van der Waals surface area contributed by atoms with E-state index in [-0.39, 0.29) is 11.8 Å². The van der Waals surface area contributed by atoms with Gasteiger partial charge in [0.1, 0.15) is 0 Å². The molecule has 5 nitrogen and oxygen atoms in total. The molecular weight excluding hydrogens is 302 g/mol. The molecule has 0 amide bonds. The summed E-state index contributed by atoms with van der Waals surface area (Å²) in [5.74, 6) is -0.526. The SMILES string of the molecule is CC(=O)Oc1cc(=O)oc(-c2cccc(Br)c2)n1. The first-order valence-electron chi connectivity index (χ1n) is 5.01.